The van der Waals surface area contributed by atoms with E-state index in [2.05, 4.69) is 4.89 Å². The summed E-state index contributed by atoms with van der Waals surface area (Å²) >= 11 is 0. The average Bonchev–Trinajstić information content (AvgIpc) is 2.07. The van der Waals surface area contributed by atoms with Crippen molar-refractivity contribution >= 4 is 5.78 Å². The average molecular weight is 152 g/mol. The van der Waals surface area contributed by atoms with Gasteiger partial charge in [0.25, 0.3) is 0 Å². The second-order valence-corrected chi connectivity index (χ2v) is 2.06. The van der Waals surface area contributed by atoms with Gasteiger partial charge in [-0.2, -0.15) is 0 Å². The van der Waals surface area contributed by atoms with Crippen LogP contribution in [0.1, 0.15) is 10.4 Å². The van der Waals surface area contributed by atoms with Crippen LogP contribution >= 0.6 is 0 Å². The summed E-state index contributed by atoms with van der Waals surface area (Å²) in [5.74, 6) is -0.229. The first-order chi connectivity index (χ1) is 5.34. The van der Waals surface area contributed by atoms with Crippen molar-refractivity contribution in [2.45, 2.75) is 0 Å². The van der Waals surface area contributed by atoms with Gasteiger partial charge >= 0.3 is 0 Å². The zero-order valence-corrected chi connectivity index (χ0v) is 5.86. The molecule has 58 valence electrons. The first-order valence-corrected chi connectivity index (χ1v) is 3.19. The van der Waals surface area contributed by atoms with Crippen LogP contribution in [0.3, 0.4) is 0 Å². The van der Waals surface area contributed by atoms with E-state index in [1.165, 1.54) is 0 Å². The molecule has 0 aliphatic carbocycles. The van der Waals surface area contributed by atoms with E-state index in [1.807, 2.05) is 6.07 Å². The highest BCUT2D eigenvalue weighted by atomic mass is 17.1. The van der Waals surface area contributed by atoms with Crippen LogP contribution in [0.15, 0.2) is 30.3 Å². The Morgan fingerprint density at radius 3 is 2.55 bits per heavy atom. The van der Waals surface area contributed by atoms with Gasteiger partial charge < -0.3 is 0 Å². The highest BCUT2D eigenvalue weighted by Gasteiger charge is 2.02. The maximum atomic E-state index is 11.0. The van der Waals surface area contributed by atoms with Gasteiger partial charge in [-0.3, -0.25) is 10.1 Å². The zero-order chi connectivity index (χ0) is 8.10. The van der Waals surface area contributed by atoms with Gasteiger partial charge in [-0.25, -0.2) is 4.89 Å². The number of hydrogen-bond donors (Lipinski definition) is 1. The maximum absolute atomic E-state index is 11.0. The molecule has 0 unspecified atom stereocenters. The molecule has 0 heterocycles. The van der Waals surface area contributed by atoms with Gasteiger partial charge in [0.15, 0.2) is 5.78 Å². The third-order valence-corrected chi connectivity index (χ3v) is 1.29. The van der Waals surface area contributed by atoms with Crippen LogP contribution in [0.5, 0.6) is 0 Å². The van der Waals surface area contributed by atoms with E-state index in [0.29, 0.717) is 5.56 Å². The molecule has 0 aliphatic rings. The fourth-order valence-corrected chi connectivity index (χ4v) is 0.766. The summed E-state index contributed by atoms with van der Waals surface area (Å²) in [4.78, 5) is 14.7. The lowest BCUT2D eigenvalue weighted by atomic mass is 10.1. The molecular formula is C8H8O3. The summed E-state index contributed by atoms with van der Waals surface area (Å²) in [7, 11) is 0. The number of hydrogen-bond acceptors (Lipinski definition) is 3. The highest BCUT2D eigenvalue weighted by molar-refractivity contribution is 5.96. The minimum atomic E-state index is -0.288. The standard InChI is InChI=1S/C8H8O3/c9-8(6-11-10)7-4-2-1-3-5-7/h1-5,10H,6H2. The van der Waals surface area contributed by atoms with Gasteiger partial charge in [0.2, 0.25) is 0 Å². The number of carbonyl (C=O) groups excluding carboxylic acids is 1. The van der Waals surface area contributed by atoms with Crippen LogP contribution in [0.2, 0.25) is 0 Å². The lowest BCUT2D eigenvalue weighted by molar-refractivity contribution is -0.230. The van der Waals surface area contributed by atoms with E-state index in [1.54, 1.807) is 24.3 Å². The van der Waals surface area contributed by atoms with Crippen molar-refractivity contribution in [3.63, 3.8) is 0 Å². The van der Waals surface area contributed by atoms with Gasteiger partial charge in [-0.15, -0.1) is 0 Å². The minimum absolute atomic E-state index is 0.229. The quantitative estimate of drug-likeness (QED) is 0.404. The van der Waals surface area contributed by atoms with Crippen molar-refractivity contribution < 1.29 is 14.9 Å². The Hall–Kier alpha value is -1.19. The molecule has 11 heavy (non-hydrogen) atoms. The molecule has 1 aromatic rings. The Balaban J connectivity index is 2.69. The van der Waals surface area contributed by atoms with E-state index in [-0.39, 0.29) is 12.4 Å². The van der Waals surface area contributed by atoms with Gasteiger partial charge in [0.1, 0.15) is 6.61 Å². The van der Waals surface area contributed by atoms with Crippen molar-refractivity contribution in [1.29, 1.82) is 0 Å². The van der Waals surface area contributed by atoms with Gasteiger partial charge in [-0.1, -0.05) is 30.3 Å². The molecule has 0 fully saturated rings. The summed E-state index contributed by atoms with van der Waals surface area (Å²) in [6, 6.07) is 8.66. The van der Waals surface area contributed by atoms with Crippen LogP contribution in [0, 0.1) is 0 Å². The van der Waals surface area contributed by atoms with Crippen LogP contribution in [-0.4, -0.2) is 17.6 Å². The number of benzene rings is 1. The largest absolute Gasteiger partial charge is 0.291 e. The summed E-state index contributed by atoms with van der Waals surface area (Å²) in [6.07, 6.45) is 0. The molecule has 3 heteroatoms. The van der Waals surface area contributed by atoms with Crippen molar-refractivity contribution in [3.8, 4) is 0 Å². The molecule has 0 bridgehead atoms. The number of ketones is 1. The first kappa shape index (κ1) is 7.91. The molecule has 0 spiro atoms. The third-order valence-electron chi connectivity index (χ3n) is 1.29. The van der Waals surface area contributed by atoms with Crippen molar-refractivity contribution in [3.05, 3.63) is 35.9 Å². The van der Waals surface area contributed by atoms with Gasteiger partial charge in [-0.05, 0) is 0 Å². The Bertz CT molecular complexity index is 230. The van der Waals surface area contributed by atoms with E-state index in [4.69, 9.17) is 5.26 Å². The van der Waals surface area contributed by atoms with E-state index >= 15 is 0 Å². The predicted molar refractivity (Wildman–Crippen MR) is 39.4 cm³/mol. The lowest BCUT2D eigenvalue weighted by Crippen LogP contribution is -2.06. The maximum Gasteiger partial charge on any atom is 0.191 e. The zero-order valence-electron chi connectivity index (χ0n) is 5.86. The fourth-order valence-electron chi connectivity index (χ4n) is 0.766. The molecule has 0 atom stereocenters. The van der Waals surface area contributed by atoms with Gasteiger partial charge in [0.05, 0.1) is 0 Å². The molecule has 1 aromatic carbocycles. The molecule has 1 N–H and O–H groups in total. The Morgan fingerprint density at radius 1 is 1.36 bits per heavy atom. The van der Waals surface area contributed by atoms with Crippen LogP contribution in [0.25, 0.3) is 0 Å². The van der Waals surface area contributed by atoms with Crippen molar-refractivity contribution in [2.75, 3.05) is 6.61 Å². The summed E-state index contributed by atoms with van der Waals surface area (Å²) in [5.41, 5.74) is 0.543. The van der Waals surface area contributed by atoms with Crippen molar-refractivity contribution in [2.24, 2.45) is 0 Å². The normalized spacial score (nSPS) is 9.55. The second-order valence-electron chi connectivity index (χ2n) is 2.06. The summed E-state index contributed by atoms with van der Waals surface area (Å²) < 4.78 is 0. The number of rotatable bonds is 3. The lowest BCUT2D eigenvalue weighted by Gasteiger charge is -1.95. The molecule has 1 rings (SSSR count). The monoisotopic (exact) mass is 152 g/mol. The van der Waals surface area contributed by atoms with Crippen LogP contribution in [-0.2, 0) is 4.89 Å². The van der Waals surface area contributed by atoms with E-state index in [0.717, 1.165) is 0 Å². The molecule has 0 aromatic heterocycles. The Labute approximate surface area is 64.2 Å². The predicted octanol–water partition coefficient (Wildman–Crippen LogP) is 1.36. The fraction of sp³-hybridized carbons (Fsp3) is 0.125. The van der Waals surface area contributed by atoms with Crippen molar-refractivity contribution in [1.82, 2.24) is 0 Å². The third kappa shape index (κ3) is 2.14. The molecule has 0 radical (unpaired) electrons. The number of Topliss-reactive ketones (excluding diaryl/α,β-unsaturated/α-hetero) is 1. The summed E-state index contributed by atoms with van der Waals surface area (Å²) in [5, 5.41) is 7.98. The Kier molecular flexibility index (Phi) is 2.77. The molecule has 0 amide bonds. The second kappa shape index (κ2) is 3.85. The summed E-state index contributed by atoms with van der Waals surface area (Å²) in [6.45, 7) is -0.288. The molecule has 0 aliphatic heterocycles. The Morgan fingerprint density at radius 2 is 2.00 bits per heavy atom. The molecule has 0 saturated heterocycles. The van der Waals surface area contributed by atoms with E-state index in [9.17, 15) is 4.79 Å². The topological polar surface area (TPSA) is 46.5 Å². The smallest absolute Gasteiger partial charge is 0.191 e. The molecular weight excluding hydrogens is 144 g/mol. The SMILES string of the molecule is O=C(COO)c1ccccc1. The first-order valence-electron chi connectivity index (χ1n) is 3.19. The molecule has 3 nitrogen and oxygen atoms in total. The minimum Gasteiger partial charge on any atom is -0.291 e. The van der Waals surface area contributed by atoms with Crippen LogP contribution < -0.4 is 0 Å². The van der Waals surface area contributed by atoms with Crippen LogP contribution in [0.4, 0.5) is 0 Å². The van der Waals surface area contributed by atoms with E-state index < -0.39 is 0 Å². The number of carbonyl (C=O) groups is 1. The highest BCUT2D eigenvalue weighted by Crippen LogP contribution is 1.99. The molecule has 0 saturated carbocycles. The van der Waals surface area contributed by atoms with Gasteiger partial charge in [0, 0.05) is 5.56 Å².